The summed E-state index contributed by atoms with van der Waals surface area (Å²) in [5.74, 6) is 0.735. The lowest BCUT2D eigenvalue weighted by atomic mass is 9.85. The number of rotatable bonds is 4. The largest absolute Gasteiger partial charge is 0.144 e. The van der Waals surface area contributed by atoms with E-state index in [1.54, 1.807) is 4.88 Å². The molecule has 4 heterocycles. The van der Waals surface area contributed by atoms with Crippen LogP contribution < -0.4 is 0 Å². The Bertz CT molecular complexity index is 950. The second-order valence-corrected chi connectivity index (χ2v) is 10.7. The van der Waals surface area contributed by atoms with Gasteiger partial charge in [-0.15, -0.1) is 45.3 Å². The molecule has 0 saturated heterocycles. The summed E-state index contributed by atoms with van der Waals surface area (Å²) < 4.78 is 0. The van der Waals surface area contributed by atoms with E-state index in [2.05, 4.69) is 63.9 Å². The highest BCUT2D eigenvalue weighted by molar-refractivity contribution is 7.23. The smallest absolute Gasteiger partial charge is 0.0538 e. The van der Waals surface area contributed by atoms with Crippen LogP contribution in [0.3, 0.4) is 0 Å². The van der Waals surface area contributed by atoms with E-state index >= 15 is 0 Å². The van der Waals surface area contributed by atoms with Crippen molar-refractivity contribution in [3.05, 3.63) is 57.4 Å². The van der Waals surface area contributed by atoms with Crippen LogP contribution in [0.2, 0.25) is 0 Å². The standard InChI is InChI=1S/C22H20S4/c1-2-7-15(8-3-1)21-19(16-9-4-12-23-16)20(17-10-5-13-24-17)22(26-21)18-11-6-14-25-18/h4-6,9-15H,1-3,7-8H2. The van der Waals surface area contributed by atoms with E-state index in [4.69, 9.17) is 0 Å². The third-order valence-electron chi connectivity index (χ3n) is 5.19. The quantitative estimate of drug-likeness (QED) is 0.314. The van der Waals surface area contributed by atoms with Gasteiger partial charge in [-0.3, -0.25) is 0 Å². The molecule has 0 nitrogen and oxygen atoms in total. The molecule has 1 aliphatic rings. The van der Waals surface area contributed by atoms with Gasteiger partial charge in [0.1, 0.15) is 0 Å². The van der Waals surface area contributed by atoms with E-state index in [1.807, 2.05) is 34.0 Å². The van der Waals surface area contributed by atoms with Gasteiger partial charge in [-0.05, 0) is 53.1 Å². The highest BCUT2D eigenvalue weighted by atomic mass is 32.1. The Balaban J connectivity index is 1.78. The van der Waals surface area contributed by atoms with E-state index in [-0.39, 0.29) is 0 Å². The molecule has 5 rings (SSSR count). The molecule has 4 heteroatoms. The number of hydrogen-bond donors (Lipinski definition) is 0. The van der Waals surface area contributed by atoms with Gasteiger partial charge in [-0.2, -0.15) is 0 Å². The SMILES string of the molecule is c1csc(-c2sc(C3CCCCC3)c(-c3cccs3)c2-c2cccs2)c1. The molecule has 132 valence electrons. The van der Waals surface area contributed by atoms with Gasteiger partial charge < -0.3 is 0 Å². The Kier molecular flexibility index (Phi) is 4.84. The molecule has 0 aliphatic heterocycles. The van der Waals surface area contributed by atoms with Crippen molar-refractivity contribution in [1.82, 2.24) is 0 Å². The van der Waals surface area contributed by atoms with E-state index < -0.39 is 0 Å². The molecular weight excluding hydrogens is 393 g/mol. The van der Waals surface area contributed by atoms with Crippen molar-refractivity contribution in [2.75, 3.05) is 0 Å². The molecule has 4 aromatic rings. The van der Waals surface area contributed by atoms with Gasteiger partial charge in [0.2, 0.25) is 0 Å². The summed E-state index contributed by atoms with van der Waals surface area (Å²) in [6.45, 7) is 0. The van der Waals surface area contributed by atoms with Crippen LogP contribution in [0.5, 0.6) is 0 Å². The van der Waals surface area contributed by atoms with Crippen molar-refractivity contribution in [1.29, 1.82) is 0 Å². The van der Waals surface area contributed by atoms with Crippen LogP contribution in [0.1, 0.15) is 42.9 Å². The molecule has 0 aromatic carbocycles. The van der Waals surface area contributed by atoms with Crippen molar-refractivity contribution in [3.8, 4) is 30.6 Å². The first-order chi connectivity index (χ1) is 12.9. The average Bonchev–Trinajstić information content (AvgIpc) is 3.49. The van der Waals surface area contributed by atoms with Gasteiger partial charge in [0.25, 0.3) is 0 Å². The van der Waals surface area contributed by atoms with Crippen molar-refractivity contribution in [2.24, 2.45) is 0 Å². The summed E-state index contributed by atoms with van der Waals surface area (Å²) in [5.41, 5.74) is 3.01. The fourth-order valence-electron chi connectivity index (χ4n) is 4.00. The average molecular weight is 413 g/mol. The molecule has 1 fully saturated rings. The van der Waals surface area contributed by atoms with Crippen LogP contribution in [0.4, 0.5) is 0 Å². The number of thiophene rings is 4. The second kappa shape index (κ2) is 7.43. The highest BCUT2D eigenvalue weighted by Gasteiger charge is 2.28. The van der Waals surface area contributed by atoms with Gasteiger partial charge in [0.05, 0.1) is 4.88 Å². The topological polar surface area (TPSA) is 0 Å². The molecule has 26 heavy (non-hydrogen) atoms. The molecule has 0 bridgehead atoms. The van der Waals surface area contributed by atoms with Crippen molar-refractivity contribution < 1.29 is 0 Å². The lowest BCUT2D eigenvalue weighted by Gasteiger charge is -2.22. The van der Waals surface area contributed by atoms with E-state index in [1.165, 1.54) is 62.7 Å². The zero-order valence-electron chi connectivity index (χ0n) is 14.4. The Morgan fingerprint density at radius 1 is 0.654 bits per heavy atom. The molecule has 0 unspecified atom stereocenters. The van der Waals surface area contributed by atoms with E-state index in [9.17, 15) is 0 Å². The van der Waals surface area contributed by atoms with Crippen LogP contribution >= 0.6 is 45.3 Å². The minimum absolute atomic E-state index is 0.735. The van der Waals surface area contributed by atoms with Crippen molar-refractivity contribution in [3.63, 3.8) is 0 Å². The summed E-state index contributed by atoms with van der Waals surface area (Å²) in [4.78, 5) is 7.38. The maximum Gasteiger partial charge on any atom is 0.0538 e. The van der Waals surface area contributed by atoms with Crippen molar-refractivity contribution >= 4 is 45.3 Å². The summed E-state index contributed by atoms with van der Waals surface area (Å²) in [7, 11) is 0. The zero-order chi connectivity index (χ0) is 17.3. The highest BCUT2D eigenvalue weighted by Crippen LogP contribution is 2.54. The molecule has 0 N–H and O–H groups in total. The Labute approximate surface area is 170 Å². The zero-order valence-corrected chi connectivity index (χ0v) is 17.7. The van der Waals surface area contributed by atoms with E-state index in [0.29, 0.717) is 0 Å². The molecule has 0 amide bonds. The first-order valence-corrected chi connectivity index (χ1v) is 12.7. The summed E-state index contributed by atoms with van der Waals surface area (Å²) >= 11 is 7.71. The minimum atomic E-state index is 0.735. The van der Waals surface area contributed by atoms with Gasteiger partial charge in [0, 0.05) is 30.6 Å². The lowest BCUT2D eigenvalue weighted by Crippen LogP contribution is -2.03. The van der Waals surface area contributed by atoms with Crippen LogP contribution in [0.25, 0.3) is 30.6 Å². The van der Waals surface area contributed by atoms with Crippen LogP contribution in [0, 0.1) is 0 Å². The third-order valence-corrected chi connectivity index (χ3v) is 9.37. The van der Waals surface area contributed by atoms with Crippen molar-refractivity contribution in [2.45, 2.75) is 38.0 Å². The molecule has 0 radical (unpaired) electrons. The van der Waals surface area contributed by atoms with Gasteiger partial charge >= 0.3 is 0 Å². The predicted octanol–water partition coefficient (Wildman–Crippen LogP) is 8.98. The maximum absolute atomic E-state index is 2.31. The summed E-state index contributed by atoms with van der Waals surface area (Å²) in [6.07, 6.45) is 6.88. The fourth-order valence-corrected chi connectivity index (χ4v) is 8.06. The summed E-state index contributed by atoms with van der Waals surface area (Å²) in [5, 5.41) is 6.64. The molecule has 0 atom stereocenters. The fraction of sp³-hybridized carbons (Fsp3) is 0.273. The van der Waals surface area contributed by atoms with Crippen LogP contribution in [-0.4, -0.2) is 0 Å². The Morgan fingerprint density at radius 3 is 1.81 bits per heavy atom. The maximum atomic E-state index is 2.31. The predicted molar refractivity (Wildman–Crippen MR) is 120 cm³/mol. The second-order valence-electron chi connectivity index (χ2n) is 6.81. The van der Waals surface area contributed by atoms with Gasteiger partial charge in [0.15, 0.2) is 0 Å². The molecule has 0 spiro atoms. The first kappa shape index (κ1) is 16.9. The van der Waals surface area contributed by atoms with Crippen LogP contribution in [-0.2, 0) is 0 Å². The Morgan fingerprint density at radius 2 is 1.23 bits per heavy atom. The molecular formula is C22H20S4. The summed E-state index contributed by atoms with van der Waals surface area (Å²) in [6, 6.07) is 13.5. The first-order valence-electron chi connectivity index (χ1n) is 9.20. The van der Waals surface area contributed by atoms with Gasteiger partial charge in [-0.25, -0.2) is 0 Å². The number of hydrogen-bond acceptors (Lipinski definition) is 4. The third kappa shape index (κ3) is 3.03. The monoisotopic (exact) mass is 412 g/mol. The molecule has 4 aromatic heterocycles. The minimum Gasteiger partial charge on any atom is -0.144 e. The normalized spacial score (nSPS) is 15.5. The molecule has 1 saturated carbocycles. The lowest BCUT2D eigenvalue weighted by molar-refractivity contribution is 0.449. The van der Waals surface area contributed by atoms with E-state index in [0.717, 1.165) is 5.92 Å². The Hall–Kier alpha value is -1.20. The van der Waals surface area contributed by atoms with Gasteiger partial charge in [-0.1, -0.05) is 37.5 Å². The van der Waals surface area contributed by atoms with Crippen LogP contribution in [0.15, 0.2) is 52.5 Å². The molecule has 1 aliphatic carbocycles.